The topological polar surface area (TPSA) is 362 Å². The average Bonchev–Trinajstić information content (AvgIpc) is 3.66. The molecule has 1 aliphatic heterocycles. The van der Waals surface area contributed by atoms with Gasteiger partial charge in [-0.15, -0.1) is 0 Å². The molecule has 1 aliphatic rings. The van der Waals surface area contributed by atoms with E-state index in [-0.39, 0.29) is 37.5 Å². The Labute approximate surface area is 342 Å². The van der Waals surface area contributed by atoms with Crippen LogP contribution in [0.4, 0.5) is 0 Å². The smallest absolute Gasteiger partial charge is 0.326 e. The quantitative estimate of drug-likeness (QED) is 0.0383. The first-order valence-electron chi connectivity index (χ1n) is 19.0. The number of hydrogen-bond acceptors (Lipinski definition) is 14. The molecular weight excluding hydrogens is 787 g/mol. The SMILES string of the molecule is CC[C@H](C)[C@H](NC(=O)[C@@H](NC(=O)[C@@H]1CCCN1C(=O)[C@H](CCC(N)=O)NC(=O)[C@H](CO)NC(=O)[C@H](CC(C)C)NC(=O)[C@H](CS)NC(=O)[C@@H](N)CO)[C@@H](C)O)C(=O)O. The molecule has 0 spiro atoms. The molecule has 0 saturated carbocycles. The summed E-state index contributed by atoms with van der Waals surface area (Å²) in [6, 6.07) is -11.2. The molecule has 14 N–H and O–H groups in total. The lowest BCUT2D eigenvalue weighted by atomic mass is 9.98. The van der Waals surface area contributed by atoms with Crippen molar-refractivity contribution in [3.8, 4) is 0 Å². The van der Waals surface area contributed by atoms with Gasteiger partial charge in [0.25, 0.3) is 0 Å². The van der Waals surface area contributed by atoms with E-state index in [0.29, 0.717) is 12.8 Å². The Bertz CT molecular complexity index is 1470. The van der Waals surface area contributed by atoms with E-state index in [1.165, 1.54) is 6.92 Å². The highest BCUT2D eigenvalue weighted by Crippen LogP contribution is 2.21. The first-order valence-corrected chi connectivity index (χ1v) is 19.7. The number of carboxylic acids is 1. The van der Waals surface area contributed by atoms with Crippen LogP contribution in [0.5, 0.6) is 0 Å². The molecule has 22 nitrogen and oxygen atoms in total. The van der Waals surface area contributed by atoms with Gasteiger partial charge in [0.2, 0.25) is 47.3 Å². The fourth-order valence-corrected chi connectivity index (χ4v) is 6.15. The Morgan fingerprint density at radius 2 is 1.31 bits per heavy atom. The molecule has 10 atom stereocenters. The van der Waals surface area contributed by atoms with Crippen LogP contribution in [-0.2, 0) is 43.2 Å². The fraction of sp³-hybridized carbons (Fsp3) is 0.743. The summed E-state index contributed by atoms with van der Waals surface area (Å²) in [4.78, 5) is 117. The number of amides is 8. The van der Waals surface area contributed by atoms with E-state index in [4.69, 9.17) is 16.6 Å². The summed E-state index contributed by atoms with van der Waals surface area (Å²) >= 11 is 4.06. The number of aliphatic carboxylic acids is 1. The number of primary amides is 1. The van der Waals surface area contributed by atoms with Gasteiger partial charge in [-0.3, -0.25) is 38.4 Å². The fourth-order valence-electron chi connectivity index (χ4n) is 5.90. The highest BCUT2D eigenvalue weighted by Gasteiger charge is 2.41. The number of carbonyl (C=O) groups is 9. The maximum atomic E-state index is 13.9. The van der Waals surface area contributed by atoms with Crippen LogP contribution in [0.25, 0.3) is 0 Å². The molecule has 1 heterocycles. The third kappa shape index (κ3) is 16.0. The van der Waals surface area contributed by atoms with Crippen LogP contribution in [0.3, 0.4) is 0 Å². The minimum Gasteiger partial charge on any atom is -0.480 e. The number of nitrogens with two attached hydrogens (primary N) is 2. The zero-order valence-electron chi connectivity index (χ0n) is 33.4. The molecule has 0 bridgehead atoms. The third-order valence-corrected chi connectivity index (χ3v) is 9.84. The van der Waals surface area contributed by atoms with Crippen LogP contribution in [0, 0.1) is 11.8 Å². The van der Waals surface area contributed by atoms with Crippen LogP contribution in [0.15, 0.2) is 0 Å². The number of rotatable bonds is 25. The number of carbonyl (C=O) groups excluding carboxylic acids is 8. The molecule has 0 aromatic rings. The second kappa shape index (κ2) is 25.0. The van der Waals surface area contributed by atoms with Crippen LogP contribution in [0.1, 0.15) is 73.1 Å². The van der Waals surface area contributed by atoms with Gasteiger partial charge in [-0.1, -0.05) is 34.1 Å². The Balaban J connectivity index is 3.23. The number of carboxylic acid groups (broad SMARTS) is 1. The summed E-state index contributed by atoms with van der Waals surface area (Å²) in [6.45, 7) is 6.34. The van der Waals surface area contributed by atoms with E-state index in [1.807, 2.05) is 0 Å². The molecule has 0 radical (unpaired) electrons. The second-order valence-corrected chi connectivity index (χ2v) is 15.0. The van der Waals surface area contributed by atoms with Gasteiger partial charge >= 0.3 is 5.97 Å². The predicted octanol–water partition coefficient (Wildman–Crippen LogP) is -5.05. The van der Waals surface area contributed by atoms with Crippen molar-refractivity contribution >= 4 is 65.9 Å². The number of likely N-dealkylation sites (tertiary alicyclic amines) is 1. The van der Waals surface area contributed by atoms with Crippen molar-refractivity contribution in [1.29, 1.82) is 0 Å². The van der Waals surface area contributed by atoms with Crippen LogP contribution < -0.4 is 43.4 Å². The Morgan fingerprint density at radius 1 is 0.759 bits per heavy atom. The molecule has 1 saturated heterocycles. The highest BCUT2D eigenvalue weighted by atomic mass is 32.1. The van der Waals surface area contributed by atoms with Crippen LogP contribution in [-0.4, -0.2) is 159 Å². The Hall–Kier alpha value is -4.58. The summed E-state index contributed by atoms with van der Waals surface area (Å²) in [5, 5.41) is 53.5. The largest absolute Gasteiger partial charge is 0.480 e. The van der Waals surface area contributed by atoms with E-state index in [2.05, 4.69) is 44.5 Å². The summed E-state index contributed by atoms with van der Waals surface area (Å²) in [6.07, 6.45) is -1.41. The summed E-state index contributed by atoms with van der Waals surface area (Å²) < 4.78 is 0. The molecule has 0 aromatic carbocycles. The Kier molecular flexibility index (Phi) is 22.2. The minimum atomic E-state index is -1.70. The van der Waals surface area contributed by atoms with E-state index >= 15 is 0 Å². The molecule has 1 fully saturated rings. The highest BCUT2D eigenvalue weighted by molar-refractivity contribution is 7.80. The maximum absolute atomic E-state index is 13.9. The van der Waals surface area contributed by atoms with Crippen molar-refractivity contribution in [3.05, 3.63) is 0 Å². The number of nitrogens with one attached hydrogen (secondary N) is 6. The molecular formula is C35H61N9O13S. The normalized spacial score (nSPS) is 18.5. The molecule has 1 rings (SSSR count). The minimum absolute atomic E-state index is 0.00306. The van der Waals surface area contributed by atoms with E-state index < -0.39 is 133 Å². The van der Waals surface area contributed by atoms with Gasteiger partial charge in [-0.2, -0.15) is 12.6 Å². The van der Waals surface area contributed by atoms with Gasteiger partial charge < -0.3 is 68.7 Å². The van der Waals surface area contributed by atoms with Gasteiger partial charge in [0.1, 0.15) is 48.3 Å². The van der Waals surface area contributed by atoms with Crippen molar-refractivity contribution in [2.45, 2.75) is 128 Å². The number of thiol groups is 1. The van der Waals surface area contributed by atoms with Gasteiger partial charge in [0.15, 0.2) is 0 Å². The summed E-state index contributed by atoms with van der Waals surface area (Å²) in [7, 11) is 0. The van der Waals surface area contributed by atoms with E-state index in [0.717, 1.165) is 4.90 Å². The first kappa shape index (κ1) is 51.4. The van der Waals surface area contributed by atoms with Crippen molar-refractivity contribution in [3.63, 3.8) is 0 Å². The molecule has 8 amide bonds. The summed E-state index contributed by atoms with van der Waals surface area (Å²) in [5.41, 5.74) is 10.8. The number of aliphatic hydroxyl groups is 3. The van der Waals surface area contributed by atoms with Gasteiger partial charge in [0, 0.05) is 18.7 Å². The first-order chi connectivity index (χ1) is 27.1. The zero-order chi connectivity index (χ0) is 44.4. The molecule has 0 aliphatic carbocycles. The molecule has 0 unspecified atom stereocenters. The number of hydrogen-bond donors (Lipinski definition) is 13. The van der Waals surface area contributed by atoms with Crippen molar-refractivity contribution < 1.29 is 63.6 Å². The molecule has 58 heavy (non-hydrogen) atoms. The monoisotopic (exact) mass is 847 g/mol. The standard InChI is InChI=1S/C35H61N9O13S/c1-6-17(4)26(35(56)57)42-33(54)27(18(5)47)43-32(53)24-8-7-11-44(24)34(55)20(9-10-25(37)48)38-30(51)22(14-46)40-29(50)21(12-16(2)3)39-31(52)23(15-58)41-28(49)19(36)13-45/h16-24,26-27,45-47,58H,6-15,36H2,1-5H3,(H2,37,48)(H,38,51)(H,39,52)(H,40,50)(H,41,49)(H,42,54)(H,43,53)(H,56,57)/t17-,18+,19-,20-,21-,22-,23-,24-,26-,27-/m0/s1. The Morgan fingerprint density at radius 3 is 1.81 bits per heavy atom. The zero-order valence-corrected chi connectivity index (χ0v) is 34.3. The van der Waals surface area contributed by atoms with Crippen molar-refractivity contribution in [2.24, 2.45) is 23.3 Å². The lowest BCUT2D eigenvalue weighted by Crippen LogP contribution is -2.61. The van der Waals surface area contributed by atoms with E-state index in [9.17, 15) is 58.5 Å². The second-order valence-electron chi connectivity index (χ2n) is 14.7. The lowest BCUT2D eigenvalue weighted by molar-refractivity contribution is -0.145. The molecule has 23 heteroatoms. The number of nitrogens with zero attached hydrogens (tertiary/aromatic N) is 1. The van der Waals surface area contributed by atoms with E-state index in [1.54, 1.807) is 27.7 Å². The maximum Gasteiger partial charge on any atom is 0.326 e. The van der Waals surface area contributed by atoms with Crippen molar-refractivity contribution in [2.75, 3.05) is 25.5 Å². The van der Waals surface area contributed by atoms with Gasteiger partial charge in [-0.25, -0.2) is 4.79 Å². The van der Waals surface area contributed by atoms with Crippen molar-refractivity contribution in [1.82, 2.24) is 36.8 Å². The van der Waals surface area contributed by atoms with Crippen LogP contribution >= 0.6 is 12.6 Å². The number of aliphatic hydroxyl groups excluding tert-OH is 3. The molecule has 330 valence electrons. The van der Waals surface area contributed by atoms with Gasteiger partial charge in [0.05, 0.1) is 19.3 Å². The summed E-state index contributed by atoms with van der Waals surface area (Å²) in [5.74, 6) is -9.40. The van der Waals surface area contributed by atoms with Gasteiger partial charge in [-0.05, 0) is 44.4 Å². The molecule has 0 aromatic heterocycles. The van der Waals surface area contributed by atoms with Crippen LogP contribution in [0.2, 0.25) is 0 Å². The average molecular weight is 848 g/mol. The lowest BCUT2D eigenvalue weighted by Gasteiger charge is -2.31. The third-order valence-electron chi connectivity index (χ3n) is 9.48. The predicted molar refractivity (Wildman–Crippen MR) is 209 cm³/mol.